The van der Waals surface area contributed by atoms with E-state index in [1.54, 1.807) is 0 Å². The lowest BCUT2D eigenvalue weighted by atomic mass is 10.2. The molecule has 0 saturated carbocycles. The van der Waals surface area contributed by atoms with Crippen LogP contribution in [-0.2, 0) is 11.2 Å². The molecule has 1 amide bonds. The highest BCUT2D eigenvalue weighted by molar-refractivity contribution is 5.85. The Morgan fingerprint density at radius 2 is 2.33 bits per heavy atom. The van der Waals surface area contributed by atoms with Gasteiger partial charge in [-0.05, 0) is 6.42 Å². The molecule has 0 aromatic carbocycles. The molecular formula is C9H12N2O4. The quantitative estimate of drug-likeness (QED) is 0.691. The van der Waals surface area contributed by atoms with E-state index in [4.69, 9.17) is 9.63 Å². The molecule has 1 aromatic rings. The van der Waals surface area contributed by atoms with Gasteiger partial charge in [0, 0.05) is 26.0 Å². The van der Waals surface area contributed by atoms with Crippen LogP contribution in [0.1, 0.15) is 29.6 Å². The van der Waals surface area contributed by atoms with E-state index in [1.807, 2.05) is 0 Å². The molecule has 1 aromatic heterocycles. The van der Waals surface area contributed by atoms with E-state index in [0.29, 0.717) is 25.1 Å². The summed E-state index contributed by atoms with van der Waals surface area (Å²) < 4.78 is 4.79. The lowest BCUT2D eigenvalue weighted by molar-refractivity contribution is -0.118. The van der Waals surface area contributed by atoms with Gasteiger partial charge in [-0.25, -0.2) is 4.79 Å². The molecule has 0 saturated heterocycles. The van der Waals surface area contributed by atoms with Gasteiger partial charge in [0.25, 0.3) is 0 Å². The van der Waals surface area contributed by atoms with Gasteiger partial charge in [0.2, 0.25) is 5.91 Å². The number of amides is 1. The summed E-state index contributed by atoms with van der Waals surface area (Å²) in [5.74, 6) is -0.677. The average Bonchev–Trinajstić information content (AvgIpc) is 2.60. The maximum absolute atomic E-state index is 10.5. The zero-order valence-corrected chi connectivity index (χ0v) is 8.32. The zero-order valence-electron chi connectivity index (χ0n) is 8.32. The zero-order chi connectivity index (χ0) is 11.3. The third-order valence-electron chi connectivity index (χ3n) is 1.75. The number of hydrogen-bond acceptors (Lipinski definition) is 4. The molecule has 1 rings (SSSR count). The SMILES string of the molecule is CC(=O)NCCCc1cc(C(=O)O)no1. The number of carbonyl (C=O) groups is 2. The fourth-order valence-electron chi connectivity index (χ4n) is 1.06. The molecule has 0 spiro atoms. The van der Waals surface area contributed by atoms with E-state index >= 15 is 0 Å². The van der Waals surface area contributed by atoms with Crippen LogP contribution in [0.5, 0.6) is 0 Å². The largest absolute Gasteiger partial charge is 0.476 e. The van der Waals surface area contributed by atoms with E-state index in [9.17, 15) is 9.59 Å². The van der Waals surface area contributed by atoms with Crippen molar-refractivity contribution in [2.45, 2.75) is 19.8 Å². The van der Waals surface area contributed by atoms with E-state index < -0.39 is 5.97 Å². The highest BCUT2D eigenvalue weighted by Gasteiger charge is 2.09. The molecule has 0 radical (unpaired) electrons. The van der Waals surface area contributed by atoms with Gasteiger partial charge in [-0.2, -0.15) is 0 Å². The lowest BCUT2D eigenvalue weighted by Gasteiger charge is -1.98. The molecule has 2 N–H and O–H groups in total. The second-order valence-electron chi connectivity index (χ2n) is 3.07. The third-order valence-corrected chi connectivity index (χ3v) is 1.75. The summed E-state index contributed by atoms with van der Waals surface area (Å²) in [6.45, 7) is 1.98. The van der Waals surface area contributed by atoms with Crippen LogP contribution in [-0.4, -0.2) is 28.7 Å². The average molecular weight is 212 g/mol. The Bertz CT molecular complexity index is 359. The smallest absolute Gasteiger partial charge is 0.358 e. The van der Waals surface area contributed by atoms with Crippen molar-refractivity contribution in [1.29, 1.82) is 0 Å². The minimum atomic E-state index is -1.10. The summed E-state index contributed by atoms with van der Waals surface area (Å²) in [6, 6.07) is 1.39. The number of rotatable bonds is 5. The summed E-state index contributed by atoms with van der Waals surface area (Å²) in [5, 5.41) is 14.6. The van der Waals surface area contributed by atoms with E-state index in [1.165, 1.54) is 13.0 Å². The first-order valence-electron chi connectivity index (χ1n) is 4.53. The Hall–Kier alpha value is -1.85. The molecule has 0 fully saturated rings. The molecule has 6 nitrogen and oxygen atoms in total. The van der Waals surface area contributed by atoms with Crippen LogP contribution in [0.2, 0.25) is 0 Å². The van der Waals surface area contributed by atoms with Crippen molar-refractivity contribution in [3.05, 3.63) is 17.5 Å². The van der Waals surface area contributed by atoms with Gasteiger partial charge >= 0.3 is 5.97 Å². The van der Waals surface area contributed by atoms with Gasteiger partial charge in [0.15, 0.2) is 5.69 Å². The van der Waals surface area contributed by atoms with Gasteiger partial charge in [0.1, 0.15) is 5.76 Å². The van der Waals surface area contributed by atoms with Crippen molar-refractivity contribution < 1.29 is 19.2 Å². The first kappa shape index (κ1) is 11.2. The van der Waals surface area contributed by atoms with Crippen LogP contribution >= 0.6 is 0 Å². The van der Waals surface area contributed by atoms with Gasteiger partial charge < -0.3 is 14.9 Å². The van der Waals surface area contributed by atoms with Crippen molar-refractivity contribution in [3.63, 3.8) is 0 Å². The summed E-state index contributed by atoms with van der Waals surface area (Å²) in [7, 11) is 0. The van der Waals surface area contributed by atoms with Crippen LogP contribution in [0, 0.1) is 0 Å². The van der Waals surface area contributed by atoms with Crippen molar-refractivity contribution in [2.24, 2.45) is 0 Å². The Morgan fingerprint density at radius 1 is 1.60 bits per heavy atom. The third kappa shape index (κ3) is 3.80. The molecule has 0 aliphatic rings. The van der Waals surface area contributed by atoms with Crippen molar-refractivity contribution in [1.82, 2.24) is 10.5 Å². The van der Waals surface area contributed by atoms with Crippen LogP contribution in [0.3, 0.4) is 0 Å². The molecule has 0 aliphatic heterocycles. The molecule has 15 heavy (non-hydrogen) atoms. The Kier molecular flexibility index (Phi) is 3.84. The number of nitrogens with zero attached hydrogens (tertiary/aromatic N) is 1. The highest BCUT2D eigenvalue weighted by Crippen LogP contribution is 2.05. The standard InChI is InChI=1S/C9H12N2O4/c1-6(12)10-4-2-3-7-5-8(9(13)14)11-15-7/h5H,2-4H2,1H3,(H,10,12)(H,13,14). The van der Waals surface area contributed by atoms with Gasteiger partial charge in [0.05, 0.1) is 0 Å². The number of hydrogen-bond donors (Lipinski definition) is 2. The number of carboxylic acids is 1. The normalized spacial score (nSPS) is 9.93. The Morgan fingerprint density at radius 3 is 2.87 bits per heavy atom. The molecule has 82 valence electrons. The van der Waals surface area contributed by atoms with Crippen LogP contribution in [0.4, 0.5) is 0 Å². The molecule has 6 heteroatoms. The van der Waals surface area contributed by atoms with E-state index in [2.05, 4.69) is 10.5 Å². The van der Waals surface area contributed by atoms with Crippen LogP contribution in [0.25, 0.3) is 0 Å². The highest BCUT2D eigenvalue weighted by atomic mass is 16.5. The second-order valence-corrected chi connectivity index (χ2v) is 3.07. The summed E-state index contributed by atoms with van der Waals surface area (Å²) in [4.78, 5) is 21.0. The monoisotopic (exact) mass is 212 g/mol. The molecule has 0 atom stereocenters. The fraction of sp³-hybridized carbons (Fsp3) is 0.444. The maximum Gasteiger partial charge on any atom is 0.358 e. The summed E-state index contributed by atoms with van der Waals surface area (Å²) >= 11 is 0. The maximum atomic E-state index is 10.5. The van der Waals surface area contributed by atoms with Gasteiger partial charge in [-0.3, -0.25) is 4.79 Å². The molecular weight excluding hydrogens is 200 g/mol. The topological polar surface area (TPSA) is 92.4 Å². The number of aromatic nitrogens is 1. The molecule has 1 heterocycles. The van der Waals surface area contributed by atoms with Gasteiger partial charge in [-0.15, -0.1) is 0 Å². The number of carbonyl (C=O) groups excluding carboxylic acids is 1. The number of nitrogens with one attached hydrogen (secondary N) is 1. The predicted molar refractivity (Wildman–Crippen MR) is 50.5 cm³/mol. The lowest BCUT2D eigenvalue weighted by Crippen LogP contribution is -2.21. The van der Waals surface area contributed by atoms with Crippen LogP contribution in [0.15, 0.2) is 10.6 Å². The predicted octanol–water partition coefficient (Wildman–Crippen LogP) is 0.441. The minimum absolute atomic E-state index is 0.0844. The minimum Gasteiger partial charge on any atom is -0.476 e. The van der Waals surface area contributed by atoms with Crippen LogP contribution < -0.4 is 5.32 Å². The van der Waals surface area contributed by atoms with Crippen molar-refractivity contribution >= 4 is 11.9 Å². The summed E-state index contributed by atoms with van der Waals surface area (Å²) in [6.07, 6.45) is 1.24. The molecule has 0 aliphatic carbocycles. The number of carboxylic acid groups (broad SMARTS) is 1. The van der Waals surface area contributed by atoms with Gasteiger partial charge in [-0.1, -0.05) is 5.16 Å². The molecule has 0 unspecified atom stereocenters. The number of aromatic carboxylic acids is 1. The first-order valence-corrected chi connectivity index (χ1v) is 4.53. The molecule has 0 bridgehead atoms. The summed E-state index contributed by atoms with van der Waals surface area (Å²) in [5.41, 5.74) is -0.0930. The van der Waals surface area contributed by atoms with Crippen molar-refractivity contribution in [2.75, 3.05) is 6.54 Å². The number of aryl methyl sites for hydroxylation is 1. The Labute approximate surface area is 86.3 Å². The van der Waals surface area contributed by atoms with Crippen molar-refractivity contribution in [3.8, 4) is 0 Å². The fourth-order valence-corrected chi connectivity index (χ4v) is 1.06. The second kappa shape index (κ2) is 5.14. The van der Waals surface area contributed by atoms with E-state index in [-0.39, 0.29) is 11.6 Å². The Balaban J connectivity index is 2.31. The first-order chi connectivity index (χ1) is 7.09. The van der Waals surface area contributed by atoms with E-state index in [0.717, 1.165) is 0 Å².